The lowest BCUT2D eigenvalue weighted by atomic mass is 10.1. The Balaban J connectivity index is 2.98. The summed E-state index contributed by atoms with van der Waals surface area (Å²) in [4.78, 5) is 15.0. The van der Waals surface area contributed by atoms with E-state index in [-0.39, 0.29) is 12.4 Å². The van der Waals surface area contributed by atoms with Gasteiger partial charge in [-0.25, -0.2) is 4.39 Å². The zero-order valence-corrected chi connectivity index (χ0v) is 14.7. The van der Waals surface area contributed by atoms with Crippen LogP contribution >= 0.6 is 0 Å². The van der Waals surface area contributed by atoms with Gasteiger partial charge in [0.25, 0.3) is 0 Å². The number of hydrogen-bond donors (Lipinski definition) is 1. The highest BCUT2D eigenvalue weighted by molar-refractivity contribution is 5.69. The first kappa shape index (κ1) is 19.4. The lowest BCUT2D eigenvalue weighted by molar-refractivity contribution is -0.138. The smallest absolute Gasteiger partial charge is 0.317 e. The molecule has 1 rings (SSSR count). The van der Waals surface area contributed by atoms with Gasteiger partial charge in [-0.2, -0.15) is 0 Å². The van der Waals surface area contributed by atoms with E-state index < -0.39 is 5.97 Å². The average molecular weight is 324 g/mol. The van der Waals surface area contributed by atoms with E-state index in [4.69, 9.17) is 5.11 Å². The highest BCUT2D eigenvalue weighted by Gasteiger charge is 2.15. The molecule has 0 fully saturated rings. The Morgan fingerprint density at radius 2 is 2.04 bits per heavy atom. The van der Waals surface area contributed by atoms with E-state index in [9.17, 15) is 9.18 Å². The number of nitrogens with zero attached hydrogens (tertiary/aromatic N) is 2. The molecule has 0 heterocycles. The summed E-state index contributed by atoms with van der Waals surface area (Å²) in [5.41, 5.74) is 1.81. The van der Waals surface area contributed by atoms with Crippen molar-refractivity contribution in [2.24, 2.45) is 5.92 Å². The van der Waals surface area contributed by atoms with Gasteiger partial charge in [0, 0.05) is 25.8 Å². The zero-order chi connectivity index (χ0) is 17.4. The molecule has 4 nitrogen and oxygen atoms in total. The number of carboxylic acids is 1. The van der Waals surface area contributed by atoms with Crippen LogP contribution in [0.5, 0.6) is 0 Å². The van der Waals surface area contributed by atoms with Gasteiger partial charge in [0.1, 0.15) is 5.82 Å². The van der Waals surface area contributed by atoms with Crippen LogP contribution in [-0.4, -0.2) is 42.7 Å². The van der Waals surface area contributed by atoms with Crippen LogP contribution in [0.25, 0.3) is 0 Å². The molecule has 23 heavy (non-hydrogen) atoms. The van der Waals surface area contributed by atoms with E-state index in [1.165, 1.54) is 12.1 Å². The first-order chi connectivity index (χ1) is 10.9. The third kappa shape index (κ3) is 6.57. The predicted molar refractivity (Wildman–Crippen MR) is 92.3 cm³/mol. The molecule has 1 N–H and O–H groups in total. The van der Waals surface area contributed by atoms with Crippen LogP contribution in [0.4, 0.5) is 10.1 Å². The lowest BCUT2D eigenvalue weighted by Gasteiger charge is -2.28. The zero-order valence-electron chi connectivity index (χ0n) is 14.7. The number of benzene rings is 1. The van der Waals surface area contributed by atoms with Gasteiger partial charge in [-0.3, -0.25) is 9.69 Å². The van der Waals surface area contributed by atoms with Gasteiger partial charge in [-0.15, -0.1) is 0 Å². The number of anilines is 1. The second-order valence-electron chi connectivity index (χ2n) is 6.27. The number of carboxylic acid groups (broad SMARTS) is 1. The summed E-state index contributed by atoms with van der Waals surface area (Å²) >= 11 is 0. The van der Waals surface area contributed by atoms with Gasteiger partial charge >= 0.3 is 5.97 Å². The first-order valence-electron chi connectivity index (χ1n) is 8.31. The van der Waals surface area contributed by atoms with E-state index in [1.807, 2.05) is 18.9 Å². The molecule has 0 aliphatic heterocycles. The van der Waals surface area contributed by atoms with Crippen molar-refractivity contribution in [2.75, 3.05) is 31.6 Å². The average Bonchev–Trinajstić information content (AvgIpc) is 2.46. The summed E-state index contributed by atoms with van der Waals surface area (Å²) in [7, 11) is 2.00. The van der Waals surface area contributed by atoms with Crippen LogP contribution in [0.1, 0.15) is 39.2 Å². The maximum Gasteiger partial charge on any atom is 0.317 e. The maximum atomic E-state index is 13.7. The highest BCUT2D eigenvalue weighted by atomic mass is 19.1. The van der Waals surface area contributed by atoms with Gasteiger partial charge < -0.3 is 10.0 Å². The molecule has 0 aliphatic rings. The standard InChI is InChI=1S/C18H29FN2O2/c1-5-9-21(13-18(22)23)12-15-10-16(19)7-8-17(15)20(4)11-14(3)6-2/h7-8,10,14H,5-6,9,11-13H2,1-4H3,(H,22,23). The van der Waals surface area contributed by atoms with Crippen LogP contribution in [-0.2, 0) is 11.3 Å². The first-order valence-corrected chi connectivity index (χ1v) is 8.31. The van der Waals surface area contributed by atoms with Gasteiger partial charge in [-0.1, -0.05) is 27.2 Å². The summed E-state index contributed by atoms with van der Waals surface area (Å²) in [5.74, 6) is -0.597. The number of hydrogen-bond acceptors (Lipinski definition) is 3. The van der Waals surface area contributed by atoms with Crippen LogP contribution in [0.15, 0.2) is 18.2 Å². The van der Waals surface area contributed by atoms with E-state index in [0.717, 1.165) is 30.6 Å². The normalized spacial score (nSPS) is 12.4. The number of aliphatic carboxylic acids is 1. The molecule has 0 saturated heterocycles. The third-order valence-electron chi connectivity index (χ3n) is 4.03. The summed E-state index contributed by atoms with van der Waals surface area (Å²) in [6.45, 7) is 8.33. The van der Waals surface area contributed by atoms with Crippen molar-refractivity contribution >= 4 is 11.7 Å². The van der Waals surface area contributed by atoms with Crippen LogP contribution in [0.2, 0.25) is 0 Å². The molecule has 1 aromatic carbocycles. The molecule has 0 spiro atoms. The molecular formula is C18H29FN2O2. The summed E-state index contributed by atoms with van der Waals surface area (Å²) in [5, 5.41) is 9.05. The fourth-order valence-electron chi connectivity index (χ4n) is 2.71. The second-order valence-corrected chi connectivity index (χ2v) is 6.27. The Morgan fingerprint density at radius 3 is 2.61 bits per heavy atom. The molecule has 0 radical (unpaired) electrons. The van der Waals surface area contributed by atoms with Crippen LogP contribution in [0, 0.1) is 11.7 Å². The molecule has 130 valence electrons. The Labute approximate surface area is 138 Å². The SMILES string of the molecule is CCCN(CC(=O)O)Cc1cc(F)ccc1N(C)CC(C)CC. The van der Waals surface area contributed by atoms with Crippen molar-refractivity contribution in [3.05, 3.63) is 29.6 Å². The molecule has 0 aromatic heterocycles. The fraction of sp³-hybridized carbons (Fsp3) is 0.611. The topological polar surface area (TPSA) is 43.8 Å². The molecule has 1 atom stereocenters. The van der Waals surface area contributed by atoms with Crippen LogP contribution in [0.3, 0.4) is 0 Å². The number of halogens is 1. The molecule has 0 aliphatic carbocycles. The fourth-order valence-corrected chi connectivity index (χ4v) is 2.71. The maximum absolute atomic E-state index is 13.7. The minimum Gasteiger partial charge on any atom is -0.480 e. The molecule has 0 bridgehead atoms. The Morgan fingerprint density at radius 1 is 1.35 bits per heavy atom. The summed E-state index contributed by atoms with van der Waals surface area (Å²) in [6.07, 6.45) is 1.95. The van der Waals surface area contributed by atoms with Crippen molar-refractivity contribution in [3.8, 4) is 0 Å². The predicted octanol–water partition coefficient (Wildman–Crippen LogP) is 3.60. The molecule has 1 unspecified atom stereocenters. The van der Waals surface area contributed by atoms with E-state index in [1.54, 1.807) is 6.07 Å². The van der Waals surface area contributed by atoms with Crippen molar-refractivity contribution in [3.63, 3.8) is 0 Å². The second kappa shape index (κ2) is 9.50. The summed E-state index contributed by atoms with van der Waals surface area (Å²) < 4.78 is 13.7. The van der Waals surface area contributed by atoms with Crippen molar-refractivity contribution in [1.82, 2.24) is 4.90 Å². The van der Waals surface area contributed by atoms with E-state index >= 15 is 0 Å². The molecular weight excluding hydrogens is 295 g/mol. The molecule has 1 aromatic rings. The lowest BCUT2D eigenvalue weighted by Crippen LogP contribution is -2.31. The van der Waals surface area contributed by atoms with Gasteiger partial charge in [0.15, 0.2) is 0 Å². The Bertz CT molecular complexity index is 508. The van der Waals surface area contributed by atoms with Gasteiger partial charge in [-0.05, 0) is 42.6 Å². The number of rotatable bonds is 10. The Hall–Kier alpha value is -1.62. The molecule has 0 amide bonds. The quantitative estimate of drug-likeness (QED) is 0.714. The van der Waals surface area contributed by atoms with Crippen molar-refractivity contribution in [2.45, 2.75) is 40.2 Å². The molecule has 0 saturated carbocycles. The monoisotopic (exact) mass is 324 g/mol. The largest absolute Gasteiger partial charge is 0.480 e. The van der Waals surface area contributed by atoms with E-state index in [2.05, 4.69) is 18.7 Å². The minimum absolute atomic E-state index is 0.0289. The third-order valence-corrected chi connectivity index (χ3v) is 4.03. The molecule has 5 heteroatoms. The summed E-state index contributed by atoms with van der Waals surface area (Å²) in [6, 6.07) is 4.78. The van der Waals surface area contributed by atoms with Crippen molar-refractivity contribution in [1.29, 1.82) is 0 Å². The van der Waals surface area contributed by atoms with Gasteiger partial charge in [0.2, 0.25) is 0 Å². The van der Waals surface area contributed by atoms with E-state index in [0.29, 0.717) is 19.0 Å². The van der Waals surface area contributed by atoms with Crippen molar-refractivity contribution < 1.29 is 14.3 Å². The van der Waals surface area contributed by atoms with Gasteiger partial charge in [0.05, 0.1) is 6.54 Å². The highest BCUT2D eigenvalue weighted by Crippen LogP contribution is 2.24. The Kier molecular flexibility index (Phi) is 8.03. The minimum atomic E-state index is -0.857. The van der Waals surface area contributed by atoms with Crippen LogP contribution < -0.4 is 4.90 Å². The number of carbonyl (C=O) groups is 1.